The van der Waals surface area contributed by atoms with Crippen LogP contribution < -0.4 is 11.1 Å². The minimum absolute atomic E-state index is 0.390. The lowest BCUT2D eigenvalue weighted by Gasteiger charge is -2.20. The highest BCUT2D eigenvalue weighted by Gasteiger charge is 2.15. The van der Waals surface area contributed by atoms with E-state index in [0.29, 0.717) is 32.5 Å². The van der Waals surface area contributed by atoms with Crippen LogP contribution in [0.5, 0.6) is 0 Å². The summed E-state index contributed by atoms with van der Waals surface area (Å²) in [7, 11) is 0. The fourth-order valence-corrected chi connectivity index (χ4v) is 2.69. The van der Waals surface area contributed by atoms with Crippen molar-refractivity contribution in [1.29, 1.82) is 0 Å². The second-order valence-electron chi connectivity index (χ2n) is 6.13. The van der Waals surface area contributed by atoms with Gasteiger partial charge in [-0.25, -0.2) is 0 Å². The van der Waals surface area contributed by atoms with Gasteiger partial charge in [-0.3, -0.25) is 0 Å². The second kappa shape index (κ2) is 9.22. The molecule has 0 aliphatic rings. The molecule has 126 valence electrons. The van der Waals surface area contributed by atoms with E-state index in [9.17, 15) is 15.3 Å². The maximum atomic E-state index is 9.69. The Kier molecular flexibility index (Phi) is 8.00. The molecule has 0 aliphatic heterocycles. The Labute approximate surface area is 133 Å². The van der Waals surface area contributed by atoms with Gasteiger partial charge in [0.15, 0.2) is 0 Å². The molecule has 0 aliphatic carbocycles. The molecule has 0 spiro atoms. The zero-order valence-corrected chi connectivity index (χ0v) is 13.8. The lowest BCUT2D eigenvalue weighted by molar-refractivity contribution is 0.189. The summed E-state index contributed by atoms with van der Waals surface area (Å²) >= 11 is 0. The predicted molar refractivity (Wildman–Crippen MR) is 88.5 cm³/mol. The molecule has 3 unspecified atom stereocenters. The first-order chi connectivity index (χ1) is 10.3. The van der Waals surface area contributed by atoms with Crippen molar-refractivity contribution in [2.45, 2.75) is 65.0 Å². The molecule has 6 N–H and O–H groups in total. The summed E-state index contributed by atoms with van der Waals surface area (Å²) in [6, 6.07) is 3.99. The van der Waals surface area contributed by atoms with Crippen molar-refractivity contribution in [2.75, 3.05) is 6.54 Å². The van der Waals surface area contributed by atoms with Gasteiger partial charge in [0, 0.05) is 19.6 Å². The topological polar surface area (TPSA) is 98.7 Å². The number of rotatable bonds is 9. The van der Waals surface area contributed by atoms with Crippen molar-refractivity contribution >= 4 is 0 Å². The number of hydrogen-bond acceptors (Lipinski definition) is 5. The third-order valence-electron chi connectivity index (χ3n) is 3.60. The Balaban J connectivity index is 3.11. The SMILES string of the molecule is CC(O)CNCc1c(CC(C)O)ccc(CC(C)O)c1CN. The molecule has 1 rings (SSSR count). The smallest absolute Gasteiger partial charge is 0.0636 e. The van der Waals surface area contributed by atoms with Crippen LogP contribution in [0.2, 0.25) is 0 Å². The highest BCUT2D eigenvalue weighted by molar-refractivity contribution is 5.42. The Hall–Kier alpha value is -0.980. The third-order valence-corrected chi connectivity index (χ3v) is 3.60. The van der Waals surface area contributed by atoms with Crippen LogP contribution in [0.1, 0.15) is 43.0 Å². The molecule has 3 atom stereocenters. The van der Waals surface area contributed by atoms with E-state index in [-0.39, 0.29) is 0 Å². The van der Waals surface area contributed by atoms with Crippen LogP contribution in [-0.4, -0.2) is 40.2 Å². The maximum absolute atomic E-state index is 9.69. The van der Waals surface area contributed by atoms with Gasteiger partial charge in [-0.1, -0.05) is 12.1 Å². The van der Waals surface area contributed by atoms with Crippen LogP contribution in [0.4, 0.5) is 0 Å². The minimum atomic E-state index is -0.427. The van der Waals surface area contributed by atoms with Gasteiger partial charge >= 0.3 is 0 Å². The van der Waals surface area contributed by atoms with Gasteiger partial charge in [-0.05, 0) is 55.9 Å². The Bertz CT molecular complexity index is 459. The van der Waals surface area contributed by atoms with Crippen molar-refractivity contribution in [2.24, 2.45) is 5.73 Å². The van der Waals surface area contributed by atoms with Crippen LogP contribution in [0, 0.1) is 0 Å². The van der Waals surface area contributed by atoms with Crippen molar-refractivity contribution < 1.29 is 15.3 Å². The highest BCUT2D eigenvalue weighted by Crippen LogP contribution is 2.22. The van der Waals surface area contributed by atoms with Gasteiger partial charge in [0.05, 0.1) is 18.3 Å². The minimum Gasteiger partial charge on any atom is -0.393 e. The number of benzene rings is 1. The lowest BCUT2D eigenvalue weighted by atomic mass is 9.90. The average molecular weight is 310 g/mol. The maximum Gasteiger partial charge on any atom is 0.0636 e. The van der Waals surface area contributed by atoms with E-state index in [1.165, 1.54) is 0 Å². The summed E-state index contributed by atoms with van der Waals surface area (Å²) in [5, 5.41) is 31.9. The highest BCUT2D eigenvalue weighted by atomic mass is 16.3. The van der Waals surface area contributed by atoms with E-state index >= 15 is 0 Å². The normalized spacial score (nSPS) is 15.6. The van der Waals surface area contributed by atoms with Crippen LogP contribution in [-0.2, 0) is 25.9 Å². The van der Waals surface area contributed by atoms with E-state index in [1.807, 2.05) is 12.1 Å². The Morgan fingerprint density at radius 3 is 1.82 bits per heavy atom. The molecule has 5 heteroatoms. The molecule has 1 aromatic rings. The number of nitrogens with one attached hydrogen (secondary N) is 1. The summed E-state index contributed by atoms with van der Waals surface area (Å²) in [6.07, 6.45) is -0.143. The first-order valence-corrected chi connectivity index (χ1v) is 7.92. The van der Waals surface area contributed by atoms with Gasteiger partial charge < -0.3 is 26.4 Å². The predicted octanol–water partition coefficient (Wildman–Crippen LogP) is 0.462. The molecule has 0 saturated carbocycles. The molecule has 0 fully saturated rings. The quantitative estimate of drug-likeness (QED) is 0.456. The van der Waals surface area contributed by atoms with Gasteiger partial charge in [0.1, 0.15) is 0 Å². The number of hydrogen-bond donors (Lipinski definition) is 5. The third kappa shape index (κ3) is 6.02. The van der Waals surface area contributed by atoms with Crippen LogP contribution in [0.15, 0.2) is 12.1 Å². The fraction of sp³-hybridized carbons (Fsp3) is 0.647. The lowest BCUT2D eigenvalue weighted by Crippen LogP contribution is -2.26. The fourth-order valence-electron chi connectivity index (χ4n) is 2.69. The zero-order valence-electron chi connectivity index (χ0n) is 13.8. The van der Waals surface area contributed by atoms with Gasteiger partial charge in [-0.15, -0.1) is 0 Å². The van der Waals surface area contributed by atoms with Crippen molar-refractivity contribution in [3.8, 4) is 0 Å². The van der Waals surface area contributed by atoms with Crippen molar-refractivity contribution in [3.63, 3.8) is 0 Å². The molecular weight excluding hydrogens is 280 g/mol. The van der Waals surface area contributed by atoms with Gasteiger partial charge in [0.25, 0.3) is 0 Å². The Morgan fingerprint density at radius 1 is 0.909 bits per heavy atom. The summed E-state index contributed by atoms with van der Waals surface area (Å²) in [6.45, 7) is 6.74. The van der Waals surface area contributed by atoms with Gasteiger partial charge in [0.2, 0.25) is 0 Å². The van der Waals surface area contributed by atoms with Gasteiger partial charge in [-0.2, -0.15) is 0 Å². The second-order valence-corrected chi connectivity index (χ2v) is 6.13. The van der Waals surface area contributed by atoms with Crippen molar-refractivity contribution in [1.82, 2.24) is 5.32 Å². The first-order valence-electron chi connectivity index (χ1n) is 7.92. The van der Waals surface area contributed by atoms with Crippen LogP contribution in [0.3, 0.4) is 0 Å². The summed E-state index contributed by atoms with van der Waals surface area (Å²) in [4.78, 5) is 0. The molecule has 0 saturated heterocycles. The summed E-state index contributed by atoms with van der Waals surface area (Å²) in [5.41, 5.74) is 10.1. The molecule has 0 amide bonds. The van der Waals surface area contributed by atoms with E-state index < -0.39 is 18.3 Å². The molecule has 0 heterocycles. The van der Waals surface area contributed by atoms with Crippen LogP contribution in [0.25, 0.3) is 0 Å². The monoisotopic (exact) mass is 310 g/mol. The van der Waals surface area contributed by atoms with E-state index in [4.69, 9.17) is 5.73 Å². The number of aliphatic hydroxyl groups excluding tert-OH is 3. The molecule has 1 aromatic carbocycles. The van der Waals surface area contributed by atoms with E-state index in [0.717, 1.165) is 22.3 Å². The molecular formula is C17H30N2O3. The van der Waals surface area contributed by atoms with E-state index in [2.05, 4.69) is 5.32 Å². The average Bonchev–Trinajstić information content (AvgIpc) is 2.40. The molecule has 0 aromatic heterocycles. The number of aliphatic hydroxyl groups is 3. The Morgan fingerprint density at radius 2 is 1.41 bits per heavy atom. The standard InChI is InChI=1S/C17H30N2O3/c1-11(20)6-14-4-5-15(7-12(2)21)17(16(14)8-18)10-19-9-13(3)22/h4-5,11-13,19-22H,6-10,18H2,1-3H3. The molecule has 5 nitrogen and oxygen atoms in total. The molecule has 22 heavy (non-hydrogen) atoms. The number of nitrogens with two attached hydrogens (primary N) is 1. The largest absolute Gasteiger partial charge is 0.393 e. The summed E-state index contributed by atoms with van der Waals surface area (Å²) in [5.74, 6) is 0. The van der Waals surface area contributed by atoms with Crippen LogP contribution >= 0.6 is 0 Å². The zero-order chi connectivity index (χ0) is 16.7. The van der Waals surface area contributed by atoms with Crippen molar-refractivity contribution in [3.05, 3.63) is 34.4 Å². The molecule has 0 bridgehead atoms. The molecule has 0 radical (unpaired) electrons. The summed E-state index contributed by atoms with van der Waals surface area (Å²) < 4.78 is 0. The van der Waals surface area contributed by atoms with E-state index in [1.54, 1.807) is 20.8 Å². The first kappa shape index (κ1) is 19.1.